The number of methoxy groups -OCH3 is 1. The second kappa shape index (κ2) is 5.85. The first-order chi connectivity index (χ1) is 11.7. The molecule has 0 aliphatic heterocycles. The van der Waals surface area contributed by atoms with Gasteiger partial charge in [0.2, 0.25) is 0 Å². The molecule has 0 atom stereocenters. The summed E-state index contributed by atoms with van der Waals surface area (Å²) in [5, 5.41) is 3.51. The van der Waals surface area contributed by atoms with Crippen molar-refractivity contribution >= 4 is 38.0 Å². The normalized spacial score (nSPS) is 11.1. The Bertz CT molecular complexity index is 1020. The zero-order valence-electron chi connectivity index (χ0n) is 13.1. The molecule has 0 saturated heterocycles. The first kappa shape index (κ1) is 15.0. The summed E-state index contributed by atoms with van der Waals surface area (Å²) in [6, 6.07) is 7.94. The maximum absolute atomic E-state index is 5.90. The number of nitrogens with zero attached hydrogens (tertiary/aromatic N) is 3. The number of anilines is 1. The SMILES string of the molecule is COc1ccc(-c2csc(-c3ccc(C)nc3)n2)c2sc(N)nc12. The number of fused-ring (bicyclic) bond motifs is 1. The molecule has 120 valence electrons. The number of aryl methyl sites for hydroxylation is 1. The average Bonchev–Trinajstić information content (AvgIpc) is 3.21. The van der Waals surface area contributed by atoms with Crippen LogP contribution in [0.2, 0.25) is 0 Å². The maximum atomic E-state index is 5.90. The third-order valence-electron chi connectivity index (χ3n) is 3.68. The molecule has 7 heteroatoms. The largest absolute Gasteiger partial charge is 0.494 e. The van der Waals surface area contributed by atoms with Crippen LogP contribution in [0.4, 0.5) is 5.13 Å². The third kappa shape index (κ3) is 2.51. The molecule has 0 radical (unpaired) electrons. The van der Waals surface area contributed by atoms with Crippen LogP contribution < -0.4 is 10.5 Å². The van der Waals surface area contributed by atoms with Gasteiger partial charge in [0.1, 0.15) is 16.3 Å². The highest BCUT2D eigenvalue weighted by Crippen LogP contribution is 2.39. The molecular formula is C17H14N4OS2. The van der Waals surface area contributed by atoms with Crippen molar-refractivity contribution in [2.75, 3.05) is 12.8 Å². The van der Waals surface area contributed by atoms with Crippen LogP contribution in [-0.4, -0.2) is 22.1 Å². The molecule has 0 amide bonds. The number of hydrogen-bond donors (Lipinski definition) is 1. The number of ether oxygens (including phenoxy) is 1. The highest BCUT2D eigenvalue weighted by molar-refractivity contribution is 7.22. The number of pyridine rings is 1. The van der Waals surface area contributed by atoms with Crippen molar-refractivity contribution in [2.45, 2.75) is 6.92 Å². The lowest BCUT2D eigenvalue weighted by atomic mass is 10.1. The van der Waals surface area contributed by atoms with Gasteiger partial charge >= 0.3 is 0 Å². The lowest BCUT2D eigenvalue weighted by Gasteiger charge is -2.03. The van der Waals surface area contributed by atoms with Crippen LogP contribution in [0.1, 0.15) is 5.69 Å². The van der Waals surface area contributed by atoms with E-state index < -0.39 is 0 Å². The Morgan fingerprint density at radius 1 is 1.12 bits per heavy atom. The summed E-state index contributed by atoms with van der Waals surface area (Å²) >= 11 is 3.05. The minimum atomic E-state index is 0.522. The van der Waals surface area contributed by atoms with E-state index in [0.717, 1.165) is 43.5 Å². The average molecular weight is 354 g/mol. The summed E-state index contributed by atoms with van der Waals surface area (Å²) in [5.41, 5.74) is 10.6. The van der Waals surface area contributed by atoms with Crippen LogP contribution in [0, 0.1) is 6.92 Å². The number of aromatic nitrogens is 3. The Kier molecular flexibility index (Phi) is 3.66. The van der Waals surface area contributed by atoms with Crippen LogP contribution >= 0.6 is 22.7 Å². The van der Waals surface area contributed by atoms with E-state index in [9.17, 15) is 0 Å². The highest BCUT2D eigenvalue weighted by atomic mass is 32.1. The topological polar surface area (TPSA) is 73.9 Å². The number of hydrogen-bond acceptors (Lipinski definition) is 7. The van der Waals surface area contributed by atoms with Crippen molar-refractivity contribution in [1.29, 1.82) is 0 Å². The van der Waals surface area contributed by atoms with Crippen molar-refractivity contribution in [2.24, 2.45) is 0 Å². The van der Waals surface area contributed by atoms with Gasteiger partial charge in [-0.3, -0.25) is 4.98 Å². The predicted octanol–water partition coefficient (Wildman–Crippen LogP) is 4.38. The van der Waals surface area contributed by atoms with E-state index in [0.29, 0.717) is 5.13 Å². The number of benzene rings is 1. The Hall–Kier alpha value is -2.51. The standard InChI is InChI=1S/C17H14N4OS2/c1-9-3-4-10(7-19-9)16-20-12(8-23-16)11-5-6-13(22-2)14-15(11)24-17(18)21-14/h3-8H,1-2H3,(H2,18,21). The molecule has 2 N–H and O–H groups in total. The highest BCUT2D eigenvalue weighted by Gasteiger charge is 2.15. The van der Waals surface area contributed by atoms with Crippen molar-refractivity contribution in [3.8, 4) is 27.6 Å². The van der Waals surface area contributed by atoms with E-state index in [2.05, 4.69) is 9.97 Å². The van der Waals surface area contributed by atoms with Gasteiger partial charge in [0.05, 0.1) is 17.5 Å². The van der Waals surface area contributed by atoms with E-state index in [1.54, 1.807) is 18.4 Å². The van der Waals surface area contributed by atoms with Crippen molar-refractivity contribution < 1.29 is 4.74 Å². The van der Waals surface area contributed by atoms with Crippen LogP contribution in [0.15, 0.2) is 35.8 Å². The van der Waals surface area contributed by atoms with Gasteiger partial charge in [0, 0.05) is 28.4 Å². The zero-order valence-corrected chi connectivity index (χ0v) is 14.7. The quantitative estimate of drug-likeness (QED) is 0.591. The van der Waals surface area contributed by atoms with Crippen molar-refractivity contribution in [3.05, 3.63) is 41.5 Å². The zero-order chi connectivity index (χ0) is 16.7. The molecule has 3 heterocycles. The summed E-state index contributed by atoms with van der Waals surface area (Å²) in [7, 11) is 1.63. The maximum Gasteiger partial charge on any atom is 0.181 e. The molecular weight excluding hydrogens is 340 g/mol. The first-order valence-electron chi connectivity index (χ1n) is 7.27. The summed E-state index contributed by atoms with van der Waals surface area (Å²) in [4.78, 5) is 13.5. The molecule has 0 unspecified atom stereocenters. The molecule has 5 nitrogen and oxygen atoms in total. The lowest BCUT2D eigenvalue weighted by molar-refractivity contribution is 0.419. The van der Waals surface area contributed by atoms with Crippen molar-refractivity contribution in [1.82, 2.24) is 15.0 Å². The Balaban J connectivity index is 1.82. The number of rotatable bonds is 3. The molecule has 0 saturated carbocycles. The first-order valence-corrected chi connectivity index (χ1v) is 8.97. The molecule has 0 spiro atoms. The third-order valence-corrected chi connectivity index (χ3v) is 5.49. The second-order valence-corrected chi connectivity index (χ2v) is 7.16. The van der Waals surface area contributed by atoms with Gasteiger partial charge in [-0.15, -0.1) is 11.3 Å². The summed E-state index contributed by atoms with van der Waals surface area (Å²) in [6.07, 6.45) is 1.85. The monoisotopic (exact) mass is 354 g/mol. The fourth-order valence-electron chi connectivity index (χ4n) is 2.49. The number of thiazole rings is 2. The lowest BCUT2D eigenvalue weighted by Crippen LogP contribution is -1.87. The summed E-state index contributed by atoms with van der Waals surface area (Å²) in [5.74, 6) is 0.722. The Labute approximate surface area is 146 Å². The van der Waals surface area contributed by atoms with Gasteiger partial charge in [0.25, 0.3) is 0 Å². The van der Waals surface area contributed by atoms with E-state index in [1.165, 1.54) is 11.3 Å². The molecule has 1 aromatic carbocycles. The predicted molar refractivity (Wildman–Crippen MR) is 99.7 cm³/mol. The minimum Gasteiger partial charge on any atom is -0.494 e. The fourth-order valence-corrected chi connectivity index (χ4v) is 4.17. The second-order valence-electron chi connectivity index (χ2n) is 5.27. The summed E-state index contributed by atoms with van der Waals surface area (Å²) in [6.45, 7) is 1.97. The van der Waals surface area contributed by atoms with Gasteiger partial charge in [-0.1, -0.05) is 11.3 Å². The molecule has 0 aliphatic carbocycles. The van der Waals surface area contributed by atoms with E-state index in [-0.39, 0.29) is 0 Å². The van der Waals surface area contributed by atoms with Gasteiger partial charge in [-0.05, 0) is 31.2 Å². The van der Waals surface area contributed by atoms with Gasteiger partial charge in [-0.25, -0.2) is 9.97 Å². The molecule has 24 heavy (non-hydrogen) atoms. The Morgan fingerprint density at radius 3 is 2.75 bits per heavy atom. The van der Waals surface area contributed by atoms with Crippen LogP contribution in [-0.2, 0) is 0 Å². The van der Waals surface area contributed by atoms with Crippen LogP contribution in [0.3, 0.4) is 0 Å². The molecule has 0 fully saturated rings. The number of nitrogen functional groups attached to an aromatic ring is 1. The van der Waals surface area contributed by atoms with Gasteiger partial charge in [0.15, 0.2) is 5.13 Å². The van der Waals surface area contributed by atoms with E-state index in [4.69, 9.17) is 15.5 Å². The Morgan fingerprint density at radius 2 is 2.00 bits per heavy atom. The van der Waals surface area contributed by atoms with Crippen molar-refractivity contribution in [3.63, 3.8) is 0 Å². The molecule has 0 aliphatic rings. The molecule has 4 rings (SSSR count). The minimum absolute atomic E-state index is 0.522. The van der Waals surface area contributed by atoms with E-state index >= 15 is 0 Å². The fraction of sp³-hybridized carbons (Fsp3) is 0.118. The molecule has 0 bridgehead atoms. The number of nitrogens with two attached hydrogens (primary N) is 1. The smallest absolute Gasteiger partial charge is 0.181 e. The van der Waals surface area contributed by atoms with Crippen LogP contribution in [0.5, 0.6) is 5.75 Å². The van der Waals surface area contributed by atoms with Crippen LogP contribution in [0.25, 0.3) is 32.0 Å². The molecule has 4 aromatic rings. The van der Waals surface area contributed by atoms with Gasteiger partial charge in [-0.2, -0.15) is 0 Å². The molecule has 3 aromatic heterocycles. The van der Waals surface area contributed by atoms with E-state index in [1.807, 2.05) is 42.8 Å². The van der Waals surface area contributed by atoms with Gasteiger partial charge < -0.3 is 10.5 Å². The summed E-state index contributed by atoms with van der Waals surface area (Å²) < 4.78 is 6.37.